The number of ether oxygens (including phenoxy) is 2. The molecule has 0 aliphatic carbocycles. The van der Waals surface area contributed by atoms with Gasteiger partial charge >= 0.3 is 5.97 Å². The van der Waals surface area contributed by atoms with Gasteiger partial charge in [-0.05, 0) is 18.6 Å². The molecule has 2 rings (SSSR count). The van der Waals surface area contributed by atoms with Gasteiger partial charge in [0.2, 0.25) is 0 Å². The molecule has 0 radical (unpaired) electrons. The van der Waals surface area contributed by atoms with Crippen LogP contribution in [0.5, 0.6) is 11.5 Å². The lowest BCUT2D eigenvalue weighted by Gasteiger charge is -2.17. The zero-order valence-corrected chi connectivity index (χ0v) is 13.5. The van der Waals surface area contributed by atoms with E-state index in [1.54, 1.807) is 20.3 Å². The van der Waals surface area contributed by atoms with Crippen molar-refractivity contribution in [2.75, 3.05) is 14.2 Å². The van der Waals surface area contributed by atoms with Gasteiger partial charge in [-0.15, -0.1) is 0 Å². The van der Waals surface area contributed by atoms with Crippen LogP contribution in [0, 0.1) is 6.92 Å². The highest BCUT2D eigenvalue weighted by molar-refractivity contribution is 5.75. The fourth-order valence-electron chi connectivity index (χ4n) is 2.32. The molecule has 0 aromatic heterocycles. The summed E-state index contributed by atoms with van der Waals surface area (Å²) >= 11 is 0. The van der Waals surface area contributed by atoms with Crippen molar-refractivity contribution in [2.45, 2.75) is 19.5 Å². The molecule has 122 valence electrons. The molecule has 1 atom stereocenters. The van der Waals surface area contributed by atoms with Gasteiger partial charge in [-0.3, -0.25) is 10.1 Å². The van der Waals surface area contributed by atoms with Crippen LogP contribution in [-0.4, -0.2) is 25.3 Å². The Morgan fingerprint density at radius 1 is 1.13 bits per heavy atom. The van der Waals surface area contributed by atoms with Crippen LogP contribution in [-0.2, 0) is 11.3 Å². The Bertz CT molecular complexity index is 667. The van der Waals surface area contributed by atoms with Crippen LogP contribution < -0.4 is 14.8 Å². The minimum Gasteiger partial charge on any atom is -0.497 e. The van der Waals surface area contributed by atoms with Crippen LogP contribution >= 0.6 is 0 Å². The molecule has 0 aliphatic heterocycles. The first-order chi connectivity index (χ1) is 11.0. The van der Waals surface area contributed by atoms with Gasteiger partial charge in [0.15, 0.2) is 0 Å². The van der Waals surface area contributed by atoms with E-state index < -0.39 is 12.0 Å². The van der Waals surface area contributed by atoms with Gasteiger partial charge in [0.05, 0.1) is 14.2 Å². The normalized spacial score (nSPS) is 11.8. The molecule has 0 fully saturated rings. The van der Waals surface area contributed by atoms with Crippen molar-refractivity contribution in [2.24, 2.45) is 0 Å². The smallest absolute Gasteiger partial charge is 0.325 e. The van der Waals surface area contributed by atoms with Crippen molar-refractivity contribution in [1.29, 1.82) is 0 Å². The molecule has 0 aliphatic rings. The summed E-state index contributed by atoms with van der Waals surface area (Å²) in [6.45, 7) is 2.34. The van der Waals surface area contributed by atoms with Crippen molar-refractivity contribution in [1.82, 2.24) is 5.32 Å². The Hall–Kier alpha value is -2.53. The monoisotopic (exact) mass is 315 g/mol. The molecular weight excluding hydrogens is 294 g/mol. The van der Waals surface area contributed by atoms with Crippen LogP contribution in [0.4, 0.5) is 0 Å². The first-order valence-corrected chi connectivity index (χ1v) is 7.29. The molecule has 2 aromatic carbocycles. The second-order valence-electron chi connectivity index (χ2n) is 5.24. The Balaban J connectivity index is 2.16. The summed E-state index contributed by atoms with van der Waals surface area (Å²) in [6, 6.07) is 12.1. The van der Waals surface area contributed by atoms with E-state index in [9.17, 15) is 9.90 Å². The standard InChI is InChI=1S/C18H21NO4/c1-12-4-6-13(7-5-12)17(18(20)21)19-11-14-8-9-15(22-2)10-16(14)23-3/h4-10,17,19H,11H2,1-3H3,(H,20,21)/t17-/m0/s1. The third-order valence-electron chi connectivity index (χ3n) is 3.65. The summed E-state index contributed by atoms with van der Waals surface area (Å²) in [5.41, 5.74) is 2.68. The zero-order valence-electron chi connectivity index (χ0n) is 13.5. The van der Waals surface area contributed by atoms with Crippen molar-refractivity contribution in [3.8, 4) is 11.5 Å². The Labute approximate surface area is 135 Å². The molecule has 23 heavy (non-hydrogen) atoms. The van der Waals surface area contributed by atoms with Crippen molar-refractivity contribution in [3.63, 3.8) is 0 Å². The van der Waals surface area contributed by atoms with Gasteiger partial charge in [0.1, 0.15) is 17.5 Å². The van der Waals surface area contributed by atoms with Crippen LogP contribution in [0.1, 0.15) is 22.7 Å². The van der Waals surface area contributed by atoms with E-state index in [0.29, 0.717) is 18.0 Å². The number of carboxylic acids is 1. The molecule has 0 saturated heterocycles. The van der Waals surface area contributed by atoms with Crippen LogP contribution in [0.3, 0.4) is 0 Å². The van der Waals surface area contributed by atoms with Crippen molar-refractivity contribution < 1.29 is 19.4 Å². The molecule has 0 heterocycles. The predicted octanol–water partition coefficient (Wildman–Crippen LogP) is 2.93. The molecule has 2 aromatic rings. The van der Waals surface area contributed by atoms with E-state index in [1.807, 2.05) is 43.3 Å². The third-order valence-corrected chi connectivity index (χ3v) is 3.65. The lowest BCUT2D eigenvalue weighted by molar-refractivity contribution is -0.139. The predicted molar refractivity (Wildman–Crippen MR) is 87.9 cm³/mol. The maximum atomic E-state index is 11.5. The number of nitrogens with one attached hydrogen (secondary N) is 1. The topological polar surface area (TPSA) is 67.8 Å². The number of carbonyl (C=O) groups is 1. The lowest BCUT2D eigenvalue weighted by atomic mass is 10.0. The van der Waals surface area contributed by atoms with E-state index in [2.05, 4.69) is 5.32 Å². The molecule has 5 nitrogen and oxygen atoms in total. The van der Waals surface area contributed by atoms with Gasteiger partial charge in [0, 0.05) is 18.2 Å². The largest absolute Gasteiger partial charge is 0.497 e. The number of aliphatic carboxylic acids is 1. The number of hydrogen-bond donors (Lipinski definition) is 2. The van der Waals surface area contributed by atoms with Crippen LogP contribution in [0.15, 0.2) is 42.5 Å². The minimum atomic E-state index is -0.915. The summed E-state index contributed by atoms with van der Waals surface area (Å²) in [5.74, 6) is 0.435. The first-order valence-electron chi connectivity index (χ1n) is 7.29. The second-order valence-corrected chi connectivity index (χ2v) is 5.24. The number of hydrogen-bond acceptors (Lipinski definition) is 4. The summed E-state index contributed by atoms with van der Waals surface area (Å²) in [4.78, 5) is 11.5. The minimum absolute atomic E-state index is 0.373. The molecule has 5 heteroatoms. The Kier molecular flexibility index (Phi) is 5.60. The first kappa shape index (κ1) is 16.8. The molecule has 0 bridgehead atoms. The quantitative estimate of drug-likeness (QED) is 0.822. The van der Waals surface area contributed by atoms with E-state index >= 15 is 0 Å². The summed E-state index contributed by atoms with van der Waals surface area (Å²) in [6.07, 6.45) is 0. The summed E-state index contributed by atoms with van der Waals surface area (Å²) < 4.78 is 10.5. The van der Waals surface area contributed by atoms with Crippen LogP contribution in [0.25, 0.3) is 0 Å². The average molecular weight is 315 g/mol. The molecule has 0 unspecified atom stereocenters. The highest BCUT2D eigenvalue weighted by Crippen LogP contribution is 2.25. The number of methoxy groups -OCH3 is 2. The average Bonchev–Trinajstić information content (AvgIpc) is 2.56. The second kappa shape index (κ2) is 7.65. The lowest BCUT2D eigenvalue weighted by Crippen LogP contribution is -2.28. The highest BCUT2D eigenvalue weighted by Gasteiger charge is 2.19. The molecule has 2 N–H and O–H groups in total. The van der Waals surface area contributed by atoms with Gasteiger partial charge in [0.25, 0.3) is 0 Å². The number of benzene rings is 2. The van der Waals surface area contributed by atoms with E-state index in [-0.39, 0.29) is 0 Å². The summed E-state index contributed by atoms with van der Waals surface area (Å²) in [7, 11) is 3.16. The Morgan fingerprint density at radius 3 is 2.39 bits per heavy atom. The molecule has 0 saturated carbocycles. The highest BCUT2D eigenvalue weighted by atomic mass is 16.5. The zero-order chi connectivity index (χ0) is 16.8. The molecular formula is C18H21NO4. The SMILES string of the molecule is COc1ccc(CN[C@H](C(=O)O)c2ccc(C)cc2)c(OC)c1. The van der Waals surface area contributed by atoms with E-state index in [0.717, 1.165) is 16.7 Å². The maximum Gasteiger partial charge on any atom is 0.325 e. The van der Waals surface area contributed by atoms with Gasteiger partial charge in [-0.1, -0.05) is 35.9 Å². The molecule has 0 spiro atoms. The van der Waals surface area contributed by atoms with E-state index in [1.165, 1.54) is 0 Å². The fourth-order valence-corrected chi connectivity index (χ4v) is 2.32. The number of rotatable bonds is 7. The van der Waals surface area contributed by atoms with Crippen molar-refractivity contribution in [3.05, 3.63) is 59.2 Å². The van der Waals surface area contributed by atoms with Crippen molar-refractivity contribution >= 4 is 5.97 Å². The molecule has 0 amide bonds. The number of aryl methyl sites for hydroxylation is 1. The fraction of sp³-hybridized carbons (Fsp3) is 0.278. The third kappa shape index (κ3) is 4.23. The van der Waals surface area contributed by atoms with Gasteiger partial charge < -0.3 is 14.6 Å². The van der Waals surface area contributed by atoms with Crippen LogP contribution in [0.2, 0.25) is 0 Å². The summed E-state index contributed by atoms with van der Waals surface area (Å²) in [5, 5.41) is 12.5. The van der Waals surface area contributed by atoms with Gasteiger partial charge in [-0.25, -0.2) is 0 Å². The van der Waals surface area contributed by atoms with Gasteiger partial charge in [-0.2, -0.15) is 0 Å². The van der Waals surface area contributed by atoms with E-state index in [4.69, 9.17) is 9.47 Å². The number of carboxylic acid groups (broad SMARTS) is 1. The Morgan fingerprint density at radius 2 is 1.83 bits per heavy atom. The maximum absolute atomic E-state index is 11.5.